The summed E-state index contributed by atoms with van der Waals surface area (Å²) in [6, 6.07) is 3.22. The average Bonchev–Trinajstić information content (AvgIpc) is 2.59. The van der Waals surface area contributed by atoms with Gasteiger partial charge in [-0.25, -0.2) is 4.39 Å². The molecule has 2 rings (SSSR count). The lowest BCUT2D eigenvalue weighted by molar-refractivity contribution is -0.275. The van der Waals surface area contributed by atoms with Crippen molar-refractivity contribution in [2.45, 2.75) is 58.2 Å². The van der Waals surface area contributed by atoms with Crippen molar-refractivity contribution < 1.29 is 31.6 Å². The van der Waals surface area contributed by atoms with E-state index in [0.717, 1.165) is 25.0 Å². The highest BCUT2D eigenvalue weighted by molar-refractivity contribution is 6.61. The summed E-state index contributed by atoms with van der Waals surface area (Å²) in [6.07, 6.45) is 3.45. The Kier molecular flexibility index (Phi) is 8.22. The first kappa shape index (κ1) is 21.0. The second-order valence-corrected chi connectivity index (χ2v) is 6.66. The maximum absolute atomic E-state index is 13.8. The van der Waals surface area contributed by atoms with Gasteiger partial charge in [0.2, 0.25) is 0 Å². The van der Waals surface area contributed by atoms with Crippen molar-refractivity contribution in [2.75, 3.05) is 13.2 Å². The van der Waals surface area contributed by atoms with Crippen LogP contribution in [0.5, 0.6) is 5.75 Å². The van der Waals surface area contributed by atoms with Crippen molar-refractivity contribution in [3.8, 4) is 5.75 Å². The Hall–Kier alpha value is -1.28. The van der Waals surface area contributed by atoms with Gasteiger partial charge in [0.25, 0.3) is 0 Å². The highest BCUT2D eigenvalue weighted by Gasteiger charge is 2.34. The zero-order valence-corrected chi connectivity index (χ0v) is 15.0. The molecule has 1 aliphatic rings. The van der Waals surface area contributed by atoms with Crippen LogP contribution < -0.4 is 10.2 Å². The SMILES string of the molecule is CCCCCCCCC1COB(c2ccc(OC(F)(F)F)c(F)c2)OC1. The van der Waals surface area contributed by atoms with Crippen LogP contribution in [0.1, 0.15) is 51.9 Å². The van der Waals surface area contributed by atoms with Gasteiger partial charge >= 0.3 is 13.5 Å². The van der Waals surface area contributed by atoms with Gasteiger partial charge in [0.15, 0.2) is 11.6 Å². The van der Waals surface area contributed by atoms with Crippen LogP contribution in [0, 0.1) is 11.7 Å². The van der Waals surface area contributed by atoms with Gasteiger partial charge in [-0.15, -0.1) is 13.2 Å². The molecule has 0 amide bonds. The summed E-state index contributed by atoms with van der Waals surface area (Å²) in [7, 11) is -0.759. The summed E-state index contributed by atoms with van der Waals surface area (Å²) in [4.78, 5) is 0. The molecule has 0 spiro atoms. The molecule has 0 saturated carbocycles. The predicted octanol–water partition coefficient (Wildman–Crippen LogP) is 4.83. The van der Waals surface area contributed by atoms with Crippen LogP contribution in [0.2, 0.25) is 0 Å². The third-order valence-electron chi connectivity index (χ3n) is 4.39. The van der Waals surface area contributed by atoms with E-state index < -0.39 is 25.0 Å². The van der Waals surface area contributed by atoms with E-state index >= 15 is 0 Å². The second kappa shape index (κ2) is 10.2. The molecule has 0 radical (unpaired) electrons. The molecular formula is C18H25BF4O3. The molecule has 1 heterocycles. The summed E-state index contributed by atoms with van der Waals surface area (Å²) in [5.74, 6) is -1.66. The monoisotopic (exact) mass is 376 g/mol. The van der Waals surface area contributed by atoms with Gasteiger partial charge in [0, 0.05) is 19.1 Å². The fourth-order valence-corrected chi connectivity index (χ4v) is 2.99. The maximum atomic E-state index is 13.8. The van der Waals surface area contributed by atoms with Crippen LogP contribution >= 0.6 is 0 Å². The standard InChI is InChI=1S/C18H25BF4O3/c1-2-3-4-5-6-7-8-14-12-24-19(25-13-14)15-9-10-17(16(20)11-15)26-18(21,22)23/h9-11,14H,2-8,12-13H2,1H3. The minimum absolute atomic E-state index is 0.301. The lowest BCUT2D eigenvalue weighted by Crippen LogP contribution is -2.44. The molecule has 146 valence electrons. The first-order valence-corrected chi connectivity index (χ1v) is 9.17. The van der Waals surface area contributed by atoms with E-state index in [1.165, 1.54) is 38.2 Å². The van der Waals surface area contributed by atoms with E-state index in [1.54, 1.807) is 0 Å². The van der Waals surface area contributed by atoms with Gasteiger partial charge in [0.1, 0.15) is 0 Å². The smallest absolute Gasteiger partial charge is 0.407 e. The lowest BCUT2D eigenvalue weighted by atomic mass is 9.77. The molecule has 1 fully saturated rings. The second-order valence-electron chi connectivity index (χ2n) is 6.66. The topological polar surface area (TPSA) is 27.7 Å². The zero-order chi connectivity index (χ0) is 19.0. The molecule has 0 atom stereocenters. The molecule has 1 aliphatic heterocycles. The summed E-state index contributed by atoms with van der Waals surface area (Å²) < 4.78 is 65.1. The Morgan fingerprint density at radius 3 is 2.35 bits per heavy atom. The Morgan fingerprint density at radius 1 is 1.08 bits per heavy atom. The summed E-state index contributed by atoms with van der Waals surface area (Å²) in [5.41, 5.74) is 0.343. The third-order valence-corrected chi connectivity index (χ3v) is 4.39. The Bertz CT molecular complexity index is 546. The van der Waals surface area contributed by atoms with Crippen LogP contribution in [-0.2, 0) is 9.31 Å². The van der Waals surface area contributed by atoms with E-state index in [1.807, 2.05) is 0 Å². The number of ether oxygens (including phenoxy) is 1. The highest BCUT2D eigenvalue weighted by Crippen LogP contribution is 2.25. The lowest BCUT2D eigenvalue weighted by Gasteiger charge is -2.27. The normalized spacial score (nSPS) is 16.1. The van der Waals surface area contributed by atoms with Gasteiger partial charge in [-0.1, -0.05) is 51.5 Å². The van der Waals surface area contributed by atoms with Crippen LogP contribution in [-0.4, -0.2) is 26.7 Å². The number of unbranched alkanes of at least 4 members (excludes halogenated alkanes) is 5. The molecule has 0 aromatic heterocycles. The van der Waals surface area contributed by atoms with Gasteiger partial charge < -0.3 is 14.0 Å². The molecular weight excluding hydrogens is 351 g/mol. The summed E-state index contributed by atoms with van der Waals surface area (Å²) in [5, 5.41) is 0. The quantitative estimate of drug-likeness (QED) is 0.351. The number of rotatable bonds is 9. The first-order valence-electron chi connectivity index (χ1n) is 9.17. The number of alkyl halides is 3. The van der Waals surface area contributed by atoms with Crippen molar-refractivity contribution in [2.24, 2.45) is 5.92 Å². The highest BCUT2D eigenvalue weighted by atomic mass is 19.4. The van der Waals surface area contributed by atoms with E-state index in [4.69, 9.17) is 9.31 Å². The molecule has 1 saturated heterocycles. The summed E-state index contributed by atoms with van der Waals surface area (Å²) >= 11 is 0. The Morgan fingerprint density at radius 2 is 1.73 bits per heavy atom. The van der Waals surface area contributed by atoms with E-state index in [9.17, 15) is 17.6 Å². The largest absolute Gasteiger partial charge is 0.573 e. The van der Waals surface area contributed by atoms with Crippen LogP contribution in [0.4, 0.5) is 17.6 Å². The van der Waals surface area contributed by atoms with Gasteiger partial charge in [0.05, 0.1) is 0 Å². The number of hydrogen-bond donors (Lipinski definition) is 0. The third kappa shape index (κ3) is 7.15. The van der Waals surface area contributed by atoms with Crippen molar-refractivity contribution in [3.05, 3.63) is 24.0 Å². The molecule has 1 aromatic rings. The minimum Gasteiger partial charge on any atom is -0.407 e. The van der Waals surface area contributed by atoms with Crippen molar-refractivity contribution in [1.29, 1.82) is 0 Å². The van der Waals surface area contributed by atoms with Gasteiger partial charge in [-0.05, 0) is 24.0 Å². The minimum atomic E-state index is -4.93. The fourth-order valence-electron chi connectivity index (χ4n) is 2.99. The van der Waals surface area contributed by atoms with Gasteiger partial charge in [-0.2, -0.15) is 0 Å². The Balaban J connectivity index is 1.74. The average molecular weight is 376 g/mol. The van der Waals surface area contributed by atoms with Crippen LogP contribution in [0.25, 0.3) is 0 Å². The maximum Gasteiger partial charge on any atom is 0.573 e. The Labute approximate surface area is 152 Å². The number of hydrogen-bond acceptors (Lipinski definition) is 3. The number of halogens is 4. The van der Waals surface area contributed by atoms with Crippen molar-refractivity contribution >= 4 is 12.6 Å². The molecule has 0 bridgehead atoms. The molecule has 1 aromatic carbocycles. The molecule has 8 heteroatoms. The van der Waals surface area contributed by atoms with E-state index in [2.05, 4.69) is 11.7 Å². The molecule has 0 N–H and O–H groups in total. The molecule has 3 nitrogen and oxygen atoms in total. The van der Waals surface area contributed by atoms with E-state index in [-0.39, 0.29) is 0 Å². The molecule has 0 unspecified atom stereocenters. The summed E-state index contributed by atoms with van der Waals surface area (Å²) in [6.45, 7) is 3.19. The first-order chi connectivity index (χ1) is 12.4. The van der Waals surface area contributed by atoms with Crippen LogP contribution in [0.15, 0.2) is 18.2 Å². The molecule has 26 heavy (non-hydrogen) atoms. The van der Waals surface area contributed by atoms with Gasteiger partial charge in [-0.3, -0.25) is 0 Å². The van der Waals surface area contributed by atoms with Crippen molar-refractivity contribution in [3.63, 3.8) is 0 Å². The van der Waals surface area contributed by atoms with Crippen molar-refractivity contribution in [1.82, 2.24) is 0 Å². The number of benzene rings is 1. The molecule has 0 aliphatic carbocycles. The van der Waals surface area contributed by atoms with E-state index in [0.29, 0.717) is 24.6 Å². The van der Waals surface area contributed by atoms with Crippen LogP contribution in [0.3, 0.4) is 0 Å². The fraction of sp³-hybridized carbons (Fsp3) is 0.667. The zero-order valence-electron chi connectivity index (χ0n) is 15.0. The predicted molar refractivity (Wildman–Crippen MR) is 91.9 cm³/mol.